The Morgan fingerprint density at radius 1 is 1.15 bits per heavy atom. The van der Waals surface area contributed by atoms with Crippen molar-refractivity contribution in [2.75, 3.05) is 11.9 Å². The average molecular weight is 455 g/mol. The zero-order chi connectivity index (χ0) is 22.5. The SMILES string of the molecule is CCOc1ccc2nc(-n3nc(C)c4c3NC(=O)C[C@H]4c3cccc4ccccc34)sc2c1. The number of nitrogens with one attached hydrogen (secondary N) is 1. The first-order valence-corrected chi connectivity index (χ1v) is 11.8. The molecule has 6 nitrogen and oxygen atoms in total. The van der Waals surface area contributed by atoms with Crippen LogP contribution >= 0.6 is 11.3 Å². The summed E-state index contributed by atoms with van der Waals surface area (Å²) < 4.78 is 8.44. The molecule has 5 aromatic rings. The molecular weight excluding hydrogens is 432 g/mol. The summed E-state index contributed by atoms with van der Waals surface area (Å²) in [6.45, 7) is 4.59. The molecule has 2 aromatic heterocycles. The molecule has 1 amide bonds. The van der Waals surface area contributed by atoms with E-state index in [0.717, 1.165) is 37.9 Å². The van der Waals surface area contributed by atoms with Crippen LogP contribution in [0.25, 0.3) is 26.1 Å². The molecule has 1 aliphatic rings. The molecule has 0 bridgehead atoms. The van der Waals surface area contributed by atoms with Gasteiger partial charge in [-0.3, -0.25) is 4.79 Å². The number of rotatable bonds is 4. The molecule has 0 aliphatic carbocycles. The molecule has 0 saturated heterocycles. The Morgan fingerprint density at radius 2 is 2.00 bits per heavy atom. The number of fused-ring (bicyclic) bond motifs is 3. The van der Waals surface area contributed by atoms with Crippen LogP contribution in [0.1, 0.15) is 36.1 Å². The van der Waals surface area contributed by atoms with Gasteiger partial charge in [0.25, 0.3) is 0 Å². The van der Waals surface area contributed by atoms with E-state index >= 15 is 0 Å². The maximum absolute atomic E-state index is 12.8. The second-order valence-corrected chi connectivity index (χ2v) is 9.20. The van der Waals surface area contributed by atoms with Gasteiger partial charge in [0.05, 0.1) is 22.5 Å². The molecule has 1 N–H and O–H groups in total. The van der Waals surface area contributed by atoms with Gasteiger partial charge in [0, 0.05) is 17.9 Å². The zero-order valence-corrected chi connectivity index (χ0v) is 19.1. The van der Waals surface area contributed by atoms with Gasteiger partial charge in [0.2, 0.25) is 11.0 Å². The third-order valence-electron chi connectivity index (χ3n) is 6.14. The van der Waals surface area contributed by atoms with Gasteiger partial charge in [-0.25, -0.2) is 4.98 Å². The Labute approximate surface area is 194 Å². The largest absolute Gasteiger partial charge is 0.494 e. The van der Waals surface area contributed by atoms with Gasteiger partial charge in [-0.15, -0.1) is 0 Å². The lowest BCUT2D eigenvalue weighted by Crippen LogP contribution is -2.25. The molecule has 0 radical (unpaired) electrons. The molecule has 164 valence electrons. The number of carbonyl (C=O) groups is 1. The highest BCUT2D eigenvalue weighted by Gasteiger charge is 2.34. The summed E-state index contributed by atoms with van der Waals surface area (Å²) >= 11 is 1.54. The van der Waals surface area contributed by atoms with Gasteiger partial charge >= 0.3 is 0 Å². The maximum Gasteiger partial charge on any atom is 0.226 e. The first-order valence-electron chi connectivity index (χ1n) is 11.0. The monoisotopic (exact) mass is 454 g/mol. The molecule has 3 aromatic carbocycles. The molecular formula is C26H22N4O2S. The highest BCUT2D eigenvalue weighted by molar-refractivity contribution is 7.20. The lowest BCUT2D eigenvalue weighted by Gasteiger charge is -2.25. The summed E-state index contributed by atoms with van der Waals surface area (Å²) in [7, 11) is 0. The molecule has 1 atom stereocenters. The minimum Gasteiger partial charge on any atom is -0.494 e. The minimum absolute atomic E-state index is 0.0127. The number of nitrogens with zero attached hydrogens (tertiary/aromatic N) is 3. The Balaban J connectivity index is 1.50. The van der Waals surface area contributed by atoms with Crippen molar-refractivity contribution in [2.45, 2.75) is 26.2 Å². The Bertz CT molecular complexity index is 1530. The number of anilines is 1. The van der Waals surface area contributed by atoms with Crippen LogP contribution in [0.3, 0.4) is 0 Å². The number of carbonyl (C=O) groups excluding carboxylic acids is 1. The number of amides is 1. The first kappa shape index (κ1) is 19.9. The zero-order valence-electron chi connectivity index (χ0n) is 18.3. The summed E-state index contributed by atoms with van der Waals surface area (Å²) in [6, 6.07) is 20.5. The van der Waals surface area contributed by atoms with Crippen molar-refractivity contribution < 1.29 is 9.53 Å². The van der Waals surface area contributed by atoms with Gasteiger partial charge in [-0.2, -0.15) is 9.78 Å². The fourth-order valence-electron chi connectivity index (χ4n) is 4.75. The van der Waals surface area contributed by atoms with Crippen LogP contribution in [0, 0.1) is 6.92 Å². The van der Waals surface area contributed by atoms with E-state index in [9.17, 15) is 4.79 Å². The van der Waals surface area contributed by atoms with Gasteiger partial charge in [0.15, 0.2) is 0 Å². The van der Waals surface area contributed by atoms with E-state index in [-0.39, 0.29) is 11.8 Å². The van der Waals surface area contributed by atoms with Gasteiger partial charge in [-0.1, -0.05) is 53.8 Å². The Kier molecular flexibility index (Phi) is 4.66. The number of aromatic nitrogens is 3. The molecule has 33 heavy (non-hydrogen) atoms. The maximum atomic E-state index is 12.8. The molecule has 0 spiro atoms. The van der Waals surface area contributed by atoms with Crippen molar-refractivity contribution in [2.24, 2.45) is 0 Å². The average Bonchev–Trinajstić information content (AvgIpc) is 3.39. The molecule has 6 rings (SSSR count). The van der Waals surface area contributed by atoms with Crippen LogP contribution < -0.4 is 10.1 Å². The van der Waals surface area contributed by atoms with Crippen LogP contribution in [0.4, 0.5) is 5.82 Å². The number of thiazole rings is 1. The molecule has 1 aliphatic heterocycles. The summed E-state index contributed by atoms with van der Waals surface area (Å²) in [5.41, 5.74) is 3.99. The molecule has 3 heterocycles. The minimum atomic E-state index is -0.0625. The lowest BCUT2D eigenvalue weighted by atomic mass is 9.83. The van der Waals surface area contributed by atoms with Crippen molar-refractivity contribution in [3.63, 3.8) is 0 Å². The van der Waals surface area contributed by atoms with E-state index in [2.05, 4.69) is 35.6 Å². The number of ether oxygens (including phenoxy) is 1. The fraction of sp³-hybridized carbons (Fsp3) is 0.192. The predicted molar refractivity (Wildman–Crippen MR) is 132 cm³/mol. The number of hydrogen-bond acceptors (Lipinski definition) is 5. The number of aryl methyl sites for hydroxylation is 1. The van der Waals surface area contributed by atoms with Crippen molar-refractivity contribution in [1.82, 2.24) is 14.8 Å². The number of benzene rings is 3. The number of hydrogen-bond donors (Lipinski definition) is 1. The van der Waals surface area contributed by atoms with Gasteiger partial charge in [-0.05, 0) is 48.4 Å². The van der Waals surface area contributed by atoms with Crippen LogP contribution in [0.15, 0.2) is 60.7 Å². The fourth-order valence-corrected chi connectivity index (χ4v) is 5.70. The Morgan fingerprint density at radius 3 is 2.88 bits per heavy atom. The quantitative estimate of drug-likeness (QED) is 0.372. The van der Waals surface area contributed by atoms with Crippen molar-refractivity contribution in [1.29, 1.82) is 0 Å². The van der Waals surface area contributed by atoms with Crippen molar-refractivity contribution in [3.8, 4) is 10.9 Å². The van der Waals surface area contributed by atoms with Crippen LogP contribution in [-0.2, 0) is 4.79 Å². The van der Waals surface area contributed by atoms with E-state index in [1.54, 1.807) is 4.68 Å². The highest BCUT2D eigenvalue weighted by atomic mass is 32.1. The standard InChI is InChI=1S/C26H22N4O2S/c1-3-32-17-11-12-21-22(13-17)33-26(27-21)30-25-24(15(2)29-30)20(14-23(31)28-25)19-10-6-8-16-7-4-5-9-18(16)19/h4-13,20H,3,14H2,1-2H3,(H,28,31)/t20-/m0/s1. The lowest BCUT2D eigenvalue weighted by molar-refractivity contribution is -0.116. The molecule has 0 saturated carbocycles. The second-order valence-electron chi connectivity index (χ2n) is 8.19. The van der Waals surface area contributed by atoms with Crippen LogP contribution in [-0.4, -0.2) is 27.3 Å². The predicted octanol–water partition coefficient (Wildman–Crippen LogP) is 5.82. The summed E-state index contributed by atoms with van der Waals surface area (Å²) in [5, 5.41) is 11.0. The van der Waals surface area contributed by atoms with E-state index in [0.29, 0.717) is 18.8 Å². The van der Waals surface area contributed by atoms with E-state index in [1.807, 2.05) is 44.2 Å². The van der Waals surface area contributed by atoms with Gasteiger partial charge < -0.3 is 10.1 Å². The summed E-state index contributed by atoms with van der Waals surface area (Å²) in [6.07, 6.45) is 0.394. The van der Waals surface area contributed by atoms with E-state index in [4.69, 9.17) is 14.8 Å². The molecule has 0 unspecified atom stereocenters. The van der Waals surface area contributed by atoms with E-state index < -0.39 is 0 Å². The summed E-state index contributed by atoms with van der Waals surface area (Å²) in [5.74, 6) is 1.46. The third kappa shape index (κ3) is 3.27. The van der Waals surface area contributed by atoms with Crippen LogP contribution in [0.5, 0.6) is 5.75 Å². The molecule has 0 fully saturated rings. The van der Waals surface area contributed by atoms with Gasteiger partial charge in [0.1, 0.15) is 11.6 Å². The summed E-state index contributed by atoms with van der Waals surface area (Å²) in [4.78, 5) is 17.6. The smallest absolute Gasteiger partial charge is 0.226 e. The third-order valence-corrected chi connectivity index (χ3v) is 7.14. The van der Waals surface area contributed by atoms with Crippen molar-refractivity contribution >= 4 is 44.1 Å². The van der Waals surface area contributed by atoms with Crippen LogP contribution in [0.2, 0.25) is 0 Å². The normalized spacial score (nSPS) is 15.6. The highest BCUT2D eigenvalue weighted by Crippen LogP contribution is 2.43. The first-order chi connectivity index (χ1) is 16.1. The van der Waals surface area contributed by atoms with Crippen molar-refractivity contribution in [3.05, 3.63) is 77.5 Å². The molecule has 7 heteroatoms. The van der Waals surface area contributed by atoms with E-state index in [1.165, 1.54) is 22.1 Å². The second kappa shape index (κ2) is 7.71. The topological polar surface area (TPSA) is 69.0 Å². The Hall–Kier alpha value is -3.71.